The van der Waals surface area contributed by atoms with E-state index in [0.29, 0.717) is 13.0 Å². The van der Waals surface area contributed by atoms with Crippen LogP contribution in [0.25, 0.3) is 0 Å². The van der Waals surface area contributed by atoms with Crippen molar-refractivity contribution in [3.63, 3.8) is 0 Å². The second kappa shape index (κ2) is 7.29. The molecule has 2 rings (SSSR count). The van der Waals surface area contributed by atoms with Gasteiger partial charge in [0.25, 0.3) is 0 Å². The molecule has 1 amide bonds. The standard InChI is InChI=1S/C16H25N3O/c1-17-10-9-16(20)18(2)13-14-7-3-4-8-15(14)19-11-5-6-12-19/h3-4,7-8,17H,5-6,9-13H2,1-2H3. The van der Waals surface area contributed by atoms with E-state index in [9.17, 15) is 4.79 Å². The number of hydrogen-bond donors (Lipinski definition) is 1. The van der Waals surface area contributed by atoms with Gasteiger partial charge in [-0.1, -0.05) is 18.2 Å². The minimum absolute atomic E-state index is 0.190. The van der Waals surface area contributed by atoms with E-state index in [1.807, 2.05) is 19.0 Å². The van der Waals surface area contributed by atoms with Gasteiger partial charge >= 0.3 is 0 Å². The maximum Gasteiger partial charge on any atom is 0.223 e. The third-order valence-corrected chi connectivity index (χ3v) is 3.86. The van der Waals surface area contributed by atoms with E-state index in [-0.39, 0.29) is 5.91 Å². The van der Waals surface area contributed by atoms with Gasteiger partial charge in [0, 0.05) is 45.3 Å². The molecular weight excluding hydrogens is 250 g/mol. The summed E-state index contributed by atoms with van der Waals surface area (Å²) in [5.74, 6) is 0.190. The van der Waals surface area contributed by atoms with Crippen LogP contribution in [-0.2, 0) is 11.3 Å². The Balaban J connectivity index is 2.03. The molecule has 1 aliphatic heterocycles. The Hall–Kier alpha value is -1.55. The Bertz CT molecular complexity index is 441. The number of benzene rings is 1. The predicted octanol–water partition coefficient (Wildman–Crippen LogP) is 1.85. The number of carbonyl (C=O) groups is 1. The first-order valence-electron chi connectivity index (χ1n) is 7.44. The Morgan fingerprint density at radius 2 is 2.00 bits per heavy atom. The number of rotatable bonds is 6. The number of nitrogens with one attached hydrogen (secondary N) is 1. The first-order chi connectivity index (χ1) is 9.72. The molecule has 1 N–H and O–H groups in total. The van der Waals surface area contributed by atoms with E-state index >= 15 is 0 Å². The van der Waals surface area contributed by atoms with Gasteiger partial charge in [-0.25, -0.2) is 0 Å². The number of nitrogens with zero attached hydrogens (tertiary/aromatic N) is 2. The van der Waals surface area contributed by atoms with E-state index < -0.39 is 0 Å². The molecule has 20 heavy (non-hydrogen) atoms. The SMILES string of the molecule is CNCCC(=O)N(C)Cc1ccccc1N1CCCC1. The molecule has 0 unspecified atom stereocenters. The van der Waals surface area contributed by atoms with Crippen molar-refractivity contribution in [3.8, 4) is 0 Å². The van der Waals surface area contributed by atoms with Gasteiger partial charge in [-0.15, -0.1) is 0 Å². The van der Waals surface area contributed by atoms with Crippen molar-refractivity contribution in [1.29, 1.82) is 0 Å². The zero-order chi connectivity index (χ0) is 14.4. The fourth-order valence-corrected chi connectivity index (χ4v) is 2.68. The topological polar surface area (TPSA) is 35.6 Å². The summed E-state index contributed by atoms with van der Waals surface area (Å²) in [7, 11) is 3.76. The van der Waals surface area contributed by atoms with E-state index in [1.54, 1.807) is 0 Å². The molecule has 0 radical (unpaired) electrons. The highest BCUT2D eigenvalue weighted by atomic mass is 16.2. The highest BCUT2D eigenvalue weighted by molar-refractivity contribution is 5.76. The number of amides is 1. The smallest absolute Gasteiger partial charge is 0.223 e. The van der Waals surface area contributed by atoms with Gasteiger partial charge in [-0.3, -0.25) is 4.79 Å². The molecule has 110 valence electrons. The predicted molar refractivity (Wildman–Crippen MR) is 82.9 cm³/mol. The number of carbonyl (C=O) groups excluding carboxylic acids is 1. The molecule has 1 aromatic rings. The summed E-state index contributed by atoms with van der Waals surface area (Å²) in [4.78, 5) is 16.3. The maximum atomic E-state index is 12.0. The average Bonchev–Trinajstić information content (AvgIpc) is 2.99. The third kappa shape index (κ3) is 3.73. The fourth-order valence-electron chi connectivity index (χ4n) is 2.68. The Kier molecular flexibility index (Phi) is 5.41. The fraction of sp³-hybridized carbons (Fsp3) is 0.562. The largest absolute Gasteiger partial charge is 0.371 e. The van der Waals surface area contributed by atoms with E-state index in [2.05, 4.69) is 34.5 Å². The summed E-state index contributed by atoms with van der Waals surface area (Å²) in [6.07, 6.45) is 3.09. The van der Waals surface area contributed by atoms with E-state index in [1.165, 1.54) is 24.1 Å². The van der Waals surface area contributed by atoms with Gasteiger partial charge in [0.05, 0.1) is 0 Å². The van der Waals surface area contributed by atoms with Gasteiger partial charge in [0.1, 0.15) is 0 Å². The number of anilines is 1. The van der Waals surface area contributed by atoms with Gasteiger partial charge in [-0.05, 0) is 31.5 Å². The lowest BCUT2D eigenvalue weighted by atomic mass is 10.1. The third-order valence-electron chi connectivity index (χ3n) is 3.86. The summed E-state index contributed by atoms with van der Waals surface area (Å²) in [5, 5.41) is 3.02. The van der Waals surface area contributed by atoms with Crippen LogP contribution >= 0.6 is 0 Å². The van der Waals surface area contributed by atoms with Gasteiger partial charge in [0.2, 0.25) is 5.91 Å². The number of hydrogen-bond acceptors (Lipinski definition) is 3. The first-order valence-corrected chi connectivity index (χ1v) is 7.44. The molecule has 1 fully saturated rings. The van der Waals surface area contributed by atoms with Crippen LogP contribution in [0.15, 0.2) is 24.3 Å². The lowest BCUT2D eigenvalue weighted by Gasteiger charge is -2.24. The van der Waals surface area contributed by atoms with Crippen molar-refractivity contribution in [2.75, 3.05) is 38.6 Å². The summed E-state index contributed by atoms with van der Waals surface area (Å²) >= 11 is 0. The molecule has 0 aromatic heterocycles. The summed E-state index contributed by atoms with van der Waals surface area (Å²) in [6, 6.07) is 8.45. The van der Waals surface area contributed by atoms with Gasteiger partial charge < -0.3 is 15.1 Å². The van der Waals surface area contributed by atoms with Gasteiger partial charge in [-0.2, -0.15) is 0 Å². The van der Waals surface area contributed by atoms with Crippen LogP contribution in [-0.4, -0.2) is 44.5 Å². The molecule has 0 bridgehead atoms. The zero-order valence-corrected chi connectivity index (χ0v) is 12.6. The molecule has 4 heteroatoms. The van der Waals surface area contributed by atoms with Crippen molar-refractivity contribution in [2.24, 2.45) is 0 Å². The van der Waals surface area contributed by atoms with E-state index in [0.717, 1.165) is 19.6 Å². The van der Waals surface area contributed by atoms with Crippen LogP contribution in [0.1, 0.15) is 24.8 Å². The van der Waals surface area contributed by atoms with Crippen LogP contribution in [0.2, 0.25) is 0 Å². The second-order valence-electron chi connectivity index (χ2n) is 5.43. The average molecular weight is 275 g/mol. The normalized spacial score (nSPS) is 14.6. The lowest BCUT2D eigenvalue weighted by Crippen LogP contribution is -2.29. The Labute approximate surface area is 121 Å². The van der Waals surface area contributed by atoms with Crippen molar-refractivity contribution < 1.29 is 4.79 Å². The quantitative estimate of drug-likeness (QED) is 0.860. The highest BCUT2D eigenvalue weighted by Crippen LogP contribution is 2.25. The molecule has 0 saturated carbocycles. The summed E-state index contributed by atoms with van der Waals surface area (Å²) in [5.41, 5.74) is 2.54. The Morgan fingerprint density at radius 1 is 1.30 bits per heavy atom. The van der Waals surface area contributed by atoms with Crippen LogP contribution in [0.3, 0.4) is 0 Å². The lowest BCUT2D eigenvalue weighted by molar-refractivity contribution is -0.130. The molecule has 0 atom stereocenters. The van der Waals surface area contributed by atoms with Gasteiger partial charge in [0.15, 0.2) is 0 Å². The summed E-state index contributed by atoms with van der Waals surface area (Å²) < 4.78 is 0. The minimum atomic E-state index is 0.190. The highest BCUT2D eigenvalue weighted by Gasteiger charge is 2.17. The molecule has 1 aliphatic rings. The minimum Gasteiger partial charge on any atom is -0.371 e. The second-order valence-corrected chi connectivity index (χ2v) is 5.43. The molecule has 0 aliphatic carbocycles. The van der Waals surface area contributed by atoms with Crippen molar-refractivity contribution >= 4 is 11.6 Å². The van der Waals surface area contributed by atoms with Crippen molar-refractivity contribution in [3.05, 3.63) is 29.8 Å². The van der Waals surface area contributed by atoms with Crippen LogP contribution in [0, 0.1) is 0 Å². The zero-order valence-electron chi connectivity index (χ0n) is 12.6. The maximum absolute atomic E-state index is 12.0. The summed E-state index contributed by atoms with van der Waals surface area (Å²) in [6.45, 7) is 3.69. The van der Waals surface area contributed by atoms with Crippen LogP contribution < -0.4 is 10.2 Å². The molecule has 1 saturated heterocycles. The molecular formula is C16H25N3O. The van der Waals surface area contributed by atoms with E-state index in [4.69, 9.17) is 0 Å². The Morgan fingerprint density at radius 3 is 2.70 bits per heavy atom. The molecule has 1 aromatic carbocycles. The van der Waals surface area contributed by atoms with Crippen molar-refractivity contribution in [1.82, 2.24) is 10.2 Å². The molecule has 4 nitrogen and oxygen atoms in total. The first kappa shape index (κ1) is 14.9. The van der Waals surface area contributed by atoms with Crippen LogP contribution in [0.5, 0.6) is 0 Å². The molecule has 0 spiro atoms. The number of para-hydroxylation sites is 1. The monoisotopic (exact) mass is 275 g/mol. The van der Waals surface area contributed by atoms with Crippen LogP contribution in [0.4, 0.5) is 5.69 Å². The van der Waals surface area contributed by atoms with Crippen molar-refractivity contribution in [2.45, 2.75) is 25.8 Å². The molecule has 1 heterocycles.